The number of rotatable bonds is 4. The molecule has 3 heterocycles. The molecule has 19 heavy (non-hydrogen) atoms. The van der Waals surface area contributed by atoms with Crippen molar-refractivity contribution in [3.05, 3.63) is 18.2 Å². The highest BCUT2D eigenvalue weighted by molar-refractivity contribution is 5.73. The summed E-state index contributed by atoms with van der Waals surface area (Å²) >= 11 is 0. The smallest absolute Gasteiger partial charge is 0.181 e. The van der Waals surface area contributed by atoms with Crippen LogP contribution < -0.4 is 5.32 Å². The predicted molar refractivity (Wildman–Crippen MR) is 72.0 cm³/mol. The Morgan fingerprint density at radius 3 is 2.95 bits per heavy atom. The molecule has 0 radical (unpaired) electrons. The van der Waals surface area contributed by atoms with Gasteiger partial charge in [0.15, 0.2) is 17.3 Å². The summed E-state index contributed by atoms with van der Waals surface area (Å²) < 4.78 is 0. The minimum absolute atomic E-state index is 0.413. The van der Waals surface area contributed by atoms with Crippen LogP contribution >= 0.6 is 0 Å². The van der Waals surface area contributed by atoms with Gasteiger partial charge in [0.1, 0.15) is 24.3 Å². The summed E-state index contributed by atoms with van der Waals surface area (Å²) in [4.78, 5) is 26.8. The number of hydrogen-bond donors (Lipinski definition) is 3. The highest BCUT2D eigenvalue weighted by atomic mass is 15.1. The monoisotopic (exact) mass is 256 g/mol. The maximum atomic E-state index is 4.42. The molecule has 0 atom stereocenters. The van der Waals surface area contributed by atoms with Gasteiger partial charge in [0, 0.05) is 0 Å². The fourth-order valence-electron chi connectivity index (χ4n) is 1.75. The average Bonchev–Trinajstić information content (AvgIpc) is 2.99. The Kier molecular flexibility index (Phi) is 2.67. The fraction of sp³-hybridized carbons (Fsp3) is 0.182. The van der Waals surface area contributed by atoms with Crippen LogP contribution in [0.2, 0.25) is 0 Å². The third-order valence-corrected chi connectivity index (χ3v) is 2.63. The molecule has 0 saturated heterocycles. The molecule has 0 aliphatic carbocycles. The lowest BCUT2D eigenvalue weighted by Crippen LogP contribution is -1.99. The molecular weight excluding hydrogens is 244 g/mol. The van der Waals surface area contributed by atoms with Crippen molar-refractivity contribution < 1.29 is 0 Å². The van der Waals surface area contributed by atoms with Gasteiger partial charge in [0.05, 0.1) is 11.9 Å². The van der Waals surface area contributed by atoms with Crippen LogP contribution in [0.1, 0.15) is 5.69 Å². The first-order valence-electron chi connectivity index (χ1n) is 5.67. The van der Waals surface area contributed by atoms with Crippen molar-refractivity contribution in [2.75, 3.05) is 12.0 Å². The summed E-state index contributed by atoms with van der Waals surface area (Å²) in [7, 11) is 0. The minimum atomic E-state index is 0.413. The molecule has 96 valence electrons. The molecule has 0 spiro atoms. The number of aromatic nitrogens is 6. The SMILES string of the molecule is C=NCNc1nc(-c2nc3ncncc3[nH]2)[nH]c1C. The van der Waals surface area contributed by atoms with Gasteiger partial charge in [-0.1, -0.05) is 0 Å². The lowest BCUT2D eigenvalue weighted by molar-refractivity contribution is 1.12. The normalized spacial score (nSPS) is 10.8. The van der Waals surface area contributed by atoms with Crippen molar-refractivity contribution >= 4 is 23.7 Å². The number of hydrogen-bond acceptors (Lipinski definition) is 6. The van der Waals surface area contributed by atoms with Gasteiger partial charge in [-0.3, -0.25) is 4.99 Å². The third kappa shape index (κ3) is 2.03. The number of fused-ring (bicyclic) bond motifs is 1. The summed E-state index contributed by atoms with van der Waals surface area (Å²) in [5.41, 5.74) is 2.29. The van der Waals surface area contributed by atoms with Crippen LogP contribution in [0.15, 0.2) is 17.5 Å². The quantitative estimate of drug-likeness (QED) is 0.606. The minimum Gasteiger partial charge on any atom is -0.350 e. The number of aryl methyl sites for hydroxylation is 1. The topological polar surface area (TPSA) is 108 Å². The summed E-state index contributed by atoms with van der Waals surface area (Å²) in [5.74, 6) is 1.99. The number of anilines is 1. The van der Waals surface area contributed by atoms with E-state index in [1.54, 1.807) is 6.20 Å². The first-order chi connectivity index (χ1) is 9.28. The molecule has 8 nitrogen and oxygen atoms in total. The third-order valence-electron chi connectivity index (χ3n) is 2.63. The van der Waals surface area contributed by atoms with Gasteiger partial charge < -0.3 is 15.3 Å². The number of nitrogens with one attached hydrogen (secondary N) is 3. The van der Waals surface area contributed by atoms with Gasteiger partial charge in [-0.2, -0.15) is 0 Å². The first kappa shape index (κ1) is 11.3. The number of aliphatic imine (C=N–C) groups is 1. The highest BCUT2D eigenvalue weighted by Gasteiger charge is 2.12. The summed E-state index contributed by atoms with van der Waals surface area (Å²) in [6.45, 7) is 5.75. The van der Waals surface area contributed by atoms with Crippen molar-refractivity contribution in [1.82, 2.24) is 29.9 Å². The molecule has 0 unspecified atom stereocenters. The van der Waals surface area contributed by atoms with Crippen LogP contribution in [-0.4, -0.2) is 43.3 Å². The number of nitrogens with zero attached hydrogens (tertiary/aromatic N) is 5. The van der Waals surface area contributed by atoms with E-state index < -0.39 is 0 Å². The highest BCUT2D eigenvalue weighted by Crippen LogP contribution is 2.20. The van der Waals surface area contributed by atoms with Crippen molar-refractivity contribution in [2.45, 2.75) is 6.92 Å². The van der Waals surface area contributed by atoms with Crippen LogP contribution in [0.5, 0.6) is 0 Å². The molecule has 8 heteroatoms. The van der Waals surface area contributed by atoms with Crippen LogP contribution in [0.4, 0.5) is 5.82 Å². The molecule has 3 rings (SSSR count). The van der Waals surface area contributed by atoms with Crippen LogP contribution in [0.25, 0.3) is 22.8 Å². The van der Waals surface area contributed by atoms with Gasteiger partial charge in [-0.25, -0.2) is 19.9 Å². The van der Waals surface area contributed by atoms with Crippen molar-refractivity contribution in [3.63, 3.8) is 0 Å². The van der Waals surface area contributed by atoms with Gasteiger partial charge in [-0.15, -0.1) is 0 Å². The standard InChI is InChI=1S/C11H12N8/c1-6-8(14-4-12-2)18-10(16-6)11-17-7-3-13-5-15-9(7)19-11/h3,5,14H,2,4H2,1H3,(H,16,18)(H,13,15,17,19). The molecule has 0 amide bonds. The zero-order valence-corrected chi connectivity index (χ0v) is 10.3. The van der Waals surface area contributed by atoms with Gasteiger partial charge in [-0.05, 0) is 13.6 Å². The molecule has 0 aromatic carbocycles. The maximum Gasteiger partial charge on any atom is 0.181 e. The van der Waals surface area contributed by atoms with E-state index in [1.165, 1.54) is 6.33 Å². The van der Waals surface area contributed by atoms with Gasteiger partial charge >= 0.3 is 0 Å². The summed E-state index contributed by atoms with van der Waals surface area (Å²) in [6.07, 6.45) is 3.14. The van der Waals surface area contributed by atoms with Crippen LogP contribution in [0.3, 0.4) is 0 Å². The van der Waals surface area contributed by atoms with E-state index in [1.807, 2.05) is 6.92 Å². The van der Waals surface area contributed by atoms with Crippen LogP contribution in [-0.2, 0) is 0 Å². The van der Waals surface area contributed by atoms with Gasteiger partial charge in [0.2, 0.25) is 0 Å². The van der Waals surface area contributed by atoms with Crippen molar-refractivity contribution in [1.29, 1.82) is 0 Å². The summed E-state index contributed by atoms with van der Waals surface area (Å²) in [6, 6.07) is 0. The zero-order chi connectivity index (χ0) is 13.2. The van der Waals surface area contributed by atoms with E-state index in [9.17, 15) is 0 Å². The zero-order valence-electron chi connectivity index (χ0n) is 10.3. The lowest BCUT2D eigenvalue weighted by Gasteiger charge is -1.97. The van der Waals surface area contributed by atoms with E-state index in [-0.39, 0.29) is 0 Å². The molecule has 0 saturated carbocycles. The first-order valence-corrected chi connectivity index (χ1v) is 5.67. The second-order valence-electron chi connectivity index (χ2n) is 3.96. The Hall–Kier alpha value is -2.77. The van der Waals surface area contributed by atoms with Crippen molar-refractivity contribution in [3.8, 4) is 11.6 Å². The van der Waals surface area contributed by atoms with Crippen molar-refractivity contribution in [2.24, 2.45) is 4.99 Å². The van der Waals surface area contributed by atoms with Gasteiger partial charge in [0.25, 0.3) is 0 Å². The molecule has 0 aliphatic rings. The Morgan fingerprint density at radius 1 is 1.32 bits per heavy atom. The van der Waals surface area contributed by atoms with Crippen LogP contribution in [0, 0.1) is 6.92 Å². The molecule has 3 aromatic rings. The molecular formula is C11H12N8. The molecule has 0 bridgehead atoms. The Balaban J connectivity index is 1.99. The maximum absolute atomic E-state index is 4.42. The van der Waals surface area contributed by atoms with E-state index in [2.05, 4.69) is 46.9 Å². The number of H-pyrrole nitrogens is 2. The lowest BCUT2D eigenvalue weighted by atomic mass is 10.5. The van der Waals surface area contributed by atoms with E-state index >= 15 is 0 Å². The van der Waals surface area contributed by atoms with E-state index in [4.69, 9.17) is 0 Å². The summed E-state index contributed by atoms with van der Waals surface area (Å²) in [5, 5.41) is 3.05. The molecule has 0 fully saturated rings. The van der Waals surface area contributed by atoms with E-state index in [0.717, 1.165) is 17.0 Å². The number of imidazole rings is 2. The number of aromatic amines is 2. The molecule has 3 N–H and O–H groups in total. The second-order valence-corrected chi connectivity index (χ2v) is 3.96. The Labute approximate surface area is 108 Å². The average molecular weight is 256 g/mol. The molecule has 3 aromatic heterocycles. The second kappa shape index (κ2) is 4.48. The molecule has 0 aliphatic heterocycles. The predicted octanol–water partition coefficient (Wildman–Crippen LogP) is 1.12. The fourth-order valence-corrected chi connectivity index (χ4v) is 1.75. The van der Waals surface area contributed by atoms with E-state index in [0.29, 0.717) is 24.0 Å². The Bertz CT molecular complexity index is 692. The Morgan fingerprint density at radius 2 is 2.16 bits per heavy atom. The largest absolute Gasteiger partial charge is 0.350 e.